The molecular weight excluding hydrogens is 825 g/mol. The normalized spacial score (nSPS) is 14.9. The number of hydrogen-bond acceptors (Lipinski definition) is 2. The molecule has 2 heterocycles. The summed E-state index contributed by atoms with van der Waals surface area (Å²) in [5.41, 5.74) is 20.2. The highest BCUT2D eigenvalue weighted by atomic mass is 16.3. The summed E-state index contributed by atoms with van der Waals surface area (Å²) in [4.78, 5) is 2.52. The summed E-state index contributed by atoms with van der Waals surface area (Å²) in [6.45, 7) is 0. The molecule has 2 aromatic heterocycles. The van der Waals surface area contributed by atoms with E-state index in [0.717, 1.165) is 51.3 Å². The molecule has 3 heteroatoms. The lowest BCUT2D eigenvalue weighted by molar-refractivity contribution is 0.519. The average Bonchev–Trinajstić information content (AvgIpc) is 4.13. The molecule has 0 aliphatic heterocycles. The molecule has 3 nitrogen and oxygen atoms in total. The zero-order chi connectivity index (χ0) is 44.5. The fourth-order valence-electron chi connectivity index (χ4n) is 12.6. The second kappa shape index (κ2) is 14.2. The van der Waals surface area contributed by atoms with Crippen LogP contribution in [-0.4, -0.2) is 4.57 Å². The van der Waals surface area contributed by atoms with Gasteiger partial charge in [0.1, 0.15) is 11.3 Å². The van der Waals surface area contributed by atoms with Gasteiger partial charge in [-0.15, -0.1) is 0 Å². The van der Waals surface area contributed by atoms with E-state index in [1.165, 1.54) is 82.8 Å². The van der Waals surface area contributed by atoms with Gasteiger partial charge in [0.25, 0.3) is 0 Å². The first kappa shape index (κ1) is 37.5. The topological polar surface area (TPSA) is 21.3 Å². The van der Waals surface area contributed by atoms with E-state index in [4.69, 9.17) is 4.42 Å². The SMILES string of the molecule is C1=Cc2c(oc3c2ccc2ccccc23)C(c2ccccc2N(c2cccc(-n3c4ccccc4c4ccccc43)c2)c2ccc3c(c2)C2(c4ccccc4-c4ccccc42)c2ccccc2-3)C1. The Hall–Kier alpha value is -8.66. The van der Waals surface area contributed by atoms with Crippen molar-refractivity contribution in [2.24, 2.45) is 0 Å². The lowest BCUT2D eigenvalue weighted by atomic mass is 9.70. The number of para-hydroxylation sites is 3. The van der Waals surface area contributed by atoms with Crippen molar-refractivity contribution in [1.29, 1.82) is 0 Å². The van der Waals surface area contributed by atoms with E-state index in [9.17, 15) is 0 Å². The molecule has 0 saturated carbocycles. The number of fused-ring (bicyclic) bond motifs is 18. The van der Waals surface area contributed by atoms with Gasteiger partial charge in [-0.3, -0.25) is 0 Å². The van der Waals surface area contributed by atoms with E-state index in [1.807, 2.05) is 0 Å². The third kappa shape index (κ3) is 5.02. The van der Waals surface area contributed by atoms with Crippen LogP contribution in [0.15, 0.2) is 235 Å². The highest BCUT2D eigenvalue weighted by molar-refractivity contribution is 6.10. The van der Waals surface area contributed by atoms with Crippen LogP contribution in [0.4, 0.5) is 17.1 Å². The zero-order valence-corrected chi connectivity index (χ0v) is 37.1. The predicted molar refractivity (Wildman–Crippen MR) is 281 cm³/mol. The van der Waals surface area contributed by atoms with Crippen molar-refractivity contribution in [2.75, 3.05) is 4.90 Å². The number of furan rings is 1. The lowest BCUT2D eigenvalue weighted by Crippen LogP contribution is -2.26. The first-order valence-electron chi connectivity index (χ1n) is 23.8. The van der Waals surface area contributed by atoms with Crippen LogP contribution in [0.3, 0.4) is 0 Å². The lowest BCUT2D eigenvalue weighted by Gasteiger charge is -2.33. The third-order valence-corrected chi connectivity index (χ3v) is 15.3. The molecule has 3 aliphatic carbocycles. The second-order valence-electron chi connectivity index (χ2n) is 18.6. The zero-order valence-electron chi connectivity index (χ0n) is 37.1. The summed E-state index contributed by atoms with van der Waals surface area (Å²) in [6, 6.07) is 83.3. The minimum atomic E-state index is -0.481. The van der Waals surface area contributed by atoms with Gasteiger partial charge in [0, 0.05) is 50.1 Å². The molecule has 318 valence electrons. The minimum absolute atomic E-state index is 0.0148. The van der Waals surface area contributed by atoms with Gasteiger partial charge in [-0.2, -0.15) is 0 Å². The van der Waals surface area contributed by atoms with Crippen LogP contribution in [0.1, 0.15) is 51.5 Å². The predicted octanol–water partition coefficient (Wildman–Crippen LogP) is 17.0. The first-order valence-corrected chi connectivity index (χ1v) is 23.8. The molecule has 1 unspecified atom stereocenters. The van der Waals surface area contributed by atoms with Crippen LogP contribution in [-0.2, 0) is 5.41 Å². The Kier molecular flexibility index (Phi) is 7.83. The molecule has 1 spiro atoms. The molecule has 0 fully saturated rings. The number of hydrogen-bond donors (Lipinski definition) is 0. The Balaban J connectivity index is 0.990. The maximum atomic E-state index is 7.12. The molecule has 0 saturated heterocycles. The molecule has 3 aliphatic rings. The van der Waals surface area contributed by atoms with E-state index in [-0.39, 0.29) is 5.92 Å². The van der Waals surface area contributed by atoms with Crippen molar-refractivity contribution in [3.63, 3.8) is 0 Å². The minimum Gasteiger partial charge on any atom is -0.459 e. The molecule has 68 heavy (non-hydrogen) atoms. The molecule has 0 N–H and O–H groups in total. The fraction of sp³-hybridized carbons (Fsp3) is 0.0462. The smallest absolute Gasteiger partial charge is 0.142 e. The first-order chi connectivity index (χ1) is 33.8. The molecule has 12 aromatic rings. The molecule has 0 radical (unpaired) electrons. The maximum absolute atomic E-state index is 7.12. The van der Waals surface area contributed by atoms with E-state index in [2.05, 4.69) is 246 Å². The number of anilines is 3. The molecule has 0 amide bonds. The van der Waals surface area contributed by atoms with Gasteiger partial charge >= 0.3 is 0 Å². The summed E-state index contributed by atoms with van der Waals surface area (Å²) < 4.78 is 9.55. The fourth-order valence-corrected chi connectivity index (χ4v) is 12.6. The van der Waals surface area contributed by atoms with Crippen LogP contribution in [0.25, 0.3) is 77.6 Å². The monoisotopic (exact) mass is 866 g/mol. The molecule has 15 rings (SSSR count). The number of benzene rings is 10. The van der Waals surface area contributed by atoms with E-state index in [0.29, 0.717) is 0 Å². The van der Waals surface area contributed by atoms with Gasteiger partial charge in [0.05, 0.1) is 22.1 Å². The molecule has 10 aromatic carbocycles. The van der Waals surface area contributed by atoms with Crippen LogP contribution in [0.2, 0.25) is 0 Å². The summed E-state index contributed by atoms with van der Waals surface area (Å²) in [6.07, 6.45) is 5.44. The number of rotatable bonds is 5. The summed E-state index contributed by atoms with van der Waals surface area (Å²) in [7, 11) is 0. The van der Waals surface area contributed by atoms with Gasteiger partial charge in [-0.1, -0.05) is 182 Å². The largest absolute Gasteiger partial charge is 0.459 e. The Morgan fingerprint density at radius 1 is 0.456 bits per heavy atom. The van der Waals surface area contributed by atoms with Crippen LogP contribution < -0.4 is 4.90 Å². The number of allylic oxidation sites excluding steroid dienone is 1. The molecular formula is C65H42N2O. The highest BCUT2D eigenvalue weighted by Gasteiger charge is 2.51. The van der Waals surface area contributed by atoms with Crippen molar-refractivity contribution in [3.8, 4) is 27.9 Å². The van der Waals surface area contributed by atoms with Crippen molar-refractivity contribution < 1.29 is 4.42 Å². The molecule has 1 atom stereocenters. The van der Waals surface area contributed by atoms with Gasteiger partial charge in [0.2, 0.25) is 0 Å². The Labute approximate surface area is 394 Å². The third-order valence-electron chi connectivity index (χ3n) is 15.3. The van der Waals surface area contributed by atoms with Crippen molar-refractivity contribution in [1.82, 2.24) is 4.57 Å². The maximum Gasteiger partial charge on any atom is 0.142 e. The summed E-state index contributed by atoms with van der Waals surface area (Å²) in [5.74, 6) is 1.01. The van der Waals surface area contributed by atoms with E-state index in [1.54, 1.807) is 0 Å². The van der Waals surface area contributed by atoms with Gasteiger partial charge in [0.15, 0.2) is 0 Å². The summed E-state index contributed by atoms with van der Waals surface area (Å²) >= 11 is 0. The van der Waals surface area contributed by atoms with Crippen LogP contribution in [0.5, 0.6) is 0 Å². The average molecular weight is 867 g/mol. The van der Waals surface area contributed by atoms with Crippen molar-refractivity contribution in [2.45, 2.75) is 17.8 Å². The second-order valence-corrected chi connectivity index (χ2v) is 18.6. The van der Waals surface area contributed by atoms with Crippen molar-refractivity contribution >= 4 is 66.7 Å². The Morgan fingerprint density at radius 2 is 1.04 bits per heavy atom. The van der Waals surface area contributed by atoms with Gasteiger partial charge in [-0.05, 0) is 116 Å². The van der Waals surface area contributed by atoms with E-state index >= 15 is 0 Å². The quantitative estimate of drug-likeness (QED) is 0.172. The van der Waals surface area contributed by atoms with E-state index < -0.39 is 5.41 Å². The number of aromatic nitrogens is 1. The van der Waals surface area contributed by atoms with Crippen LogP contribution >= 0.6 is 0 Å². The van der Waals surface area contributed by atoms with Gasteiger partial charge in [-0.25, -0.2) is 0 Å². The van der Waals surface area contributed by atoms with Crippen molar-refractivity contribution in [3.05, 3.63) is 270 Å². The Morgan fingerprint density at radius 3 is 1.76 bits per heavy atom. The van der Waals surface area contributed by atoms with Crippen LogP contribution in [0, 0.1) is 0 Å². The number of nitrogens with zero attached hydrogens (tertiary/aromatic N) is 2. The molecule has 0 bridgehead atoms. The highest BCUT2D eigenvalue weighted by Crippen LogP contribution is 2.63. The summed E-state index contributed by atoms with van der Waals surface area (Å²) in [5, 5.41) is 5.98. The standard InChI is InChI=1S/C65H42N2O/c1-2-20-45-41(17-1)35-37-55-54-28-16-27-53(64(54)68-63(45)55)52-26-8-12-32-60(52)66(42-18-15-19-43(39-42)67-61-33-13-6-24-50(61)51-25-7-14-34-62(51)67)44-36-38-49-48-23-5-11-31-58(48)65(59(49)40-44)56-29-9-3-21-46(56)47-22-4-10-30-57(47)65/h1-26,28-40,53H,27H2. The van der Waals surface area contributed by atoms with Gasteiger partial charge < -0.3 is 13.9 Å². The Bertz CT molecular complexity index is 3990.